The van der Waals surface area contributed by atoms with Crippen molar-refractivity contribution in [2.45, 2.75) is 27.7 Å². The van der Waals surface area contributed by atoms with Gasteiger partial charge >= 0.3 is 0 Å². The molecule has 0 radical (unpaired) electrons. The Morgan fingerprint density at radius 2 is 1.72 bits per heavy atom. The third kappa shape index (κ3) is 3.65. The van der Waals surface area contributed by atoms with Crippen LogP contribution >= 0.6 is 12.2 Å². The molecule has 1 aliphatic heterocycles. The van der Waals surface area contributed by atoms with Gasteiger partial charge in [-0.1, -0.05) is 18.2 Å². The van der Waals surface area contributed by atoms with E-state index in [2.05, 4.69) is 29.8 Å². The van der Waals surface area contributed by atoms with Crippen LogP contribution in [-0.2, 0) is 9.59 Å². The third-order valence-electron chi connectivity index (χ3n) is 5.76. The quantitative estimate of drug-likeness (QED) is 0.360. The first-order chi connectivity index (χ1) is 15.2. The molecule has 0 saturated carbocycles. The maximum Gasteiger partial charge on any atom is 0.270 e. The monoisotopic (exact) mass is 447 g/mol. The molecule has 7 heteroatoms. The molecule has 5 nitrogen and oxygen atoms in total. The van der Waals surface area contributed by atoms with Crippen molar-refractivity contribution in [3.8, 4) is 5.69 Å². The van der Waals surface area contributed by atoms with Crippen molar-refractivity contribution in [1.29, 1.82) is 0 Å². The minimum absolute atomic E-state index is 0.0657. The minimum Gasteiger partial charge on any atom is -0.318 e. The molecule has 0 spiro atoms. The Balaban J connectivity index is 1.79. The number of nitrogens with one attached hydrogen (secondary N) is 1. The fourth-order valence-corrected chi connectivity index (χ4v) is 4.23. The van der Waals surface area contributed by atoms with Gasteiger partial charge in [-0.25, -0.2) is 4.39 Å². The highest BCUT2D eigenvalue weighted by atomic mass is 32.1. The summed E-state index contributed by atoms with van der Waals surface area (Å²) < 4.78 is 15.8. The Kier molecular flexibility index (Phi) is 5.52. The Morgan fingerprint density at radius 1 is 1.00 bits per heavy atom. The van der Waals surface area contributed by atoms with E-state index in [1.807, 2.05) is 32.0 Å². The molecule has 0 unspecified atom stereocenters. The molecule has 1 fully saturated rings. The molecule has 1 aromatic heterocycles. The first kappa shape index (κ1) is 21.6. The summed E-state index contributed by atoms with van der Waals surface area (Å²) in [4.78, 5) is 27.0. The lowest BCUT2D eigenvalue weighted by Crippen LogP contribution is -2.54. The van der Waals surface area contributed by atoms with Crippen molar-refractivity contribution >= 4 is 40.9 Å². The number of benzene rings is 2. The molecule has 2 aromatic carbocycles. The summed E-state index contributed by atoms with van der Waals surface area (Å²) in [6.45, 7) is 8.05. The third-order valence-corrected chi connectivity index (χ3v) is 6.04. The highest BCUT2D eigenvalue weighted by molar-refractivity contribution is 7.80. The predicted octanol–water partition coefficient (Wildman–Crippen LogP) is 4.68. The molecule has 1 aliphatic rings. The molecular formula is C25H22FN3O2S. The van der Waals surface area contributed by atoms with Crippen LogP contribution < -0.4 is 10.2 Å². The SMILES string of the molecule is Cc1cccc(-n2c(C)cc(/C=C3\C(=O)NC(=S)N(c4cccc(F)c4)C3=O)c2C)c1C. The molecule has 2 amide bonds. The number of rotatable bonds is 3. The molecule has 32 heavy (non-hydrogen) atoms. The first-order valence-corrected chi connectivity index (χ1v) is 10.5. The smallest absolute Gasteiger partial charge is 0.270 e. The molecule has 1 saturated heterocycles. The van der Waals surface area contributed by atoms with Gasteiger partial charge in [-0.05, 0) is 93.0 Å². The molecule has 2 heterocycles. The maximum atomic E-state index is 13.7. The number of aromatic nitrogens is 1. The summed E-state index contributed by atoms with van der Waals surface area (Å²) in [6, 6.07) is 13.6. The van der Waals surface area contributed by atoms with Crippen LogP contribution in [0.25, 0.3) is 11.8 Å². The lowest BCUT2D eigenvalue weighted by atomic mass is 10.1. The number of hydrogen-bond acceptors (Lipinski definition) is 3. The summed E-state index contributed by atoms with van der Waals surface area (Å²) in [5.74, 6) is -1.68. The largest absolute Gasteiger partial charge is 0.318 e. The average Bonchev–Trinajstić information content (AvgIpc) is 3.00. The standard InChI is InChI=1S/C25H22FN3O2S/c1-14-7-5-10-22(16(14)3)28-15(2)11-18(17(28)4)12-21-23(30)27-25(32)29(24(21)31)20-9-6-8-19(26)13-20/h5-13H,1-4H3,(H,27,30,32)/b21-12+. The second kappa shape index (κ2) is 8.16. The van der Waals surface area contributed by atoms with E-state index in [1.54, 1.807) is 12.1 Å². The molecular weight excluding hydrogens is 425 g/mol. The van der Waals surface area contributed by atoms with Gasteiger partial charge in [0, 0.05) is 17.1 Å². The Labute approximate surface area is 191 Å². The van der Waals surface area contributed by atoms with Gasteiger partial charge in [0.2, 0.25) is 0 Å². The van der Waals surface area contributed by atoms with Crippen LogP contribution in [-0.4, -0.2) is 21.5 Å². The van der Waals surface area contributed by atoms with Crippen molar-refractivity contribution in [1.82, 2.24) is 9.88 Å². The number of anilines is 1. The Hall–Kier alpha value is -3.58. The molecule has 4 rings (SSSR count). The van der Waals surface area contributed by atoms with Crippen molar-refractivity contribution in [2.75, 3.05) is 4.90 Å². The van der Waals surface area contributed by atoms with E-state index < -0.39 is 17.6 Å². The summed E-state index contributed by atoms with van der Waals surface area (Å²) >= 11 is 5.18. The van der Waals surface area contributed by atoms with Crippen LogP contribution in [0.4, 0.5) is 10.1 Å². The number of hydrogen-bond donors (Lipinski definition) is 1. The molecule has 162 valence electrons. The molecule has 0 atom stereocenters. The summed E-state index contributed by atoms with van der Waals surface area (Å²) in [5, 5.41) is 2.46. The lowest BCUT2D eigenvalue weighted by molar-refractivity contribution is -0.122. The van der Waals surface area contributed by atoms with Crippen molar-refractivity contribution < 1.29 is 14.0 Å². The summed E-state index contributed by atoms with van der Waals surface area (Å²) in [5.41, 5.74) is 6.19. The van der Waals surface area contributed by atoms with Crippen LogP contribution in [0, 0.1) is 33.5 Å². The molecule has 1 N–H and O–H groups in total. The number of thiocarbonyl (C=S) groups is 1. The zero-order valence-electron chi connectivity index (χ0n) is 18.2. The number of carbonyl (C=O) groups is 2. The highest BCUT2D eigenvalue weighted by Gasteiger charge is 2.35. The average molecular weight is 448 g/mol. The predicted molar refractivity (Wildman–Crippen MR) is 127 cm³/mol. The van der Waals surface area contributed by atoms with Crippen LogP contribution in [0.3, 0.4) is 0 Å². The van der Waals surface area contributed by atoms with Crippen molar-refractivity contribution in [3.05, 3.63) is 88.0 Å². The lowest BCUT2D eigenvalue weighted by Gasteiger charge is -2.28. The summed E-state index contributed by atoms with van der Waals surface area (Å²) in [7, 11) is 0. The van der Waals surface area contributed by atoms with E-state index in [0.717, 1.165) is 33.1 Å². The van der Waals surface area contributed by atoms with E-state index in [1.165, 1.54) is 23.8 Å². The van der Waals surface area contributed by atoms with Gasteiger partial charge in [0.25, 0.3) is 11.8 Å². The van der Waals surface area contributed by atoms with E-state index in [9.17, 15) is 14.0 Å². The molecule has 3 aromatic rings. The molecule has 0 bridgehead atoms. The maximum absolute atomic E-state index is 13.7. The number of nitrogens with zero attached hydrogens (tertiary/aromatic N) is 2. The van der Waals surface area contributed by atoms with Gasteiger partial charge in [0.15, 0.2) is 5.11 Å². The van der Waals surface area contributed by atoms with Gasteiger partial charge in [-0.2, -0.15) is 0 Å². The second-order valence-corrected chi connectivity index (χ2v) is 8.21. The van der Waals surface area contributed by atoms with Crippen LogP contribution in [0.5, 0.6) is 0 Å². The molecule has 0 aliphatic carbocycles. The fraction of sp³-hybridized carbons (Fsp3) is 0.160. The van der Waals surface area contributed by atoms with E-state index in [4.69, 9.17) is 12.2 Å². The number of halogens is 1. The van der Waals surface area contributed by atoms with E-state index in [-0.39, 0.29) is 16.4 Å². The number of aryl methyl sites for hydroxylation is 2. The Morgan fingerprint density at radius 3 is 2.44 bits per heavy atom. The van der Waals surface area contributed by atoms with Crippen LogP contribution in [0.1, 0.15) is 28.1 Å². The van der Waals surface area contributed by atoms with Crippen molar-refractivity contribution in [2.24, 2.45) is 0 Å². The van der Waals surface area contributed by atoms with Crippen LogP contribution in [0.2, 0.25) is 0 Å². The second-order valence-electron chi connectivity index (χ2n) is 7.82. The van der Waals surface area contributed by atoms with Gasteiger partial charge in [0.05, 0.1) is 5.69 Å². The zero-order valence-corrected chi connectivity index (χ0v) is 19.0. The van der Waals surface area contributed by atoms with Gasteiger partial charge in [-0.3, -0.25) is 19.8 Å². The first-order valence-electron chi connectivity index (χ1n) is 10.1. The fourth-order valence-electron chi connectivity index (χ4n) is 3.94. The topological polar surface area (TPSA) is 54.3 Å². The highest BCUT2D eigenvalue weighted by Crippen LogP contribution is 2.28. The normalized spacial score (nSPS) is 15.5. The van der Waals surface area contributed by atoms with Crippen molar-refractivity contribution in [3.63, 3.8) is 0 Å². The number of carbonyl (C=O) groups excluding carboxylic acids is 2. The number of amides is 2. The Bertz CT molecular complexity index is 1320. The van der Waals surface area contributed by atoms with E-state index >= 15 is 0 Å². The van der Waals surface area contributed by atoms with Crippen LogP contribution in [0.15, 0.2) is 54.1 Å². The zero-order chi connectivity index (χ0) is 23.2. The van der Waals surface area contributed by atoms with E-state index in [0.29, 0.717) is 0 Å². The minimum atomic E-state index is -0.596. The summed E-state index contributed by atoms with van der Waals surface area (Å²) in [6.07, 6.45) is 1.57. The van der Waals surface area contributed by atoms with Gasteiger partial charge in [0.1, 0.15) is 11.4 Å². The van der Waals surface area contributed by atoms with Gasteiger partial charge in [-0.15, -0.1) is 0 Å². The van der Waals surface area contributed by atoms with Gasteiger partial charge < -0.3 is 4.57 Å².